The number of halogens is 3. The first-order valence-electron chi connectivity index (χ1n) is 9.95. The molecule has 1 atom stereocenters. The number of nitrogens with zero attached hydrogens (tertiary/aromatic N) is 1. The van der Waals surface area contributed by atoms with Crippen LogP contribution < -0.4 is 0 Å². The van der Waals surface area contributed by atoms with Gasteiger partial charge in [0.15, 0.2) is 9.84 Å². The minimum absolute atomic E-state index is 0.00384. The van der Waals surface area contributed by atoms with Crippen molar-refractivity contribution in [1.29, 1.82) is 0 Å². The first kappa shape index (κ1) is 22.1. The monoisotopic (exact) mass is 463 g/mol. The Balaban J connectivity index is 1.61. The van der Waals surface area contributed by atoms with Gasteiger partial charge in [-0.3, -0.25) is 4.79 Å². The molecule has 2 heterocycles. The molecule has 1 saturated heterocycles. The Hall–Kier alpha value is -3.07. The number of carbonyl (C=O) groups excluding carboxylic acids is 1. The van der Waals surface area contributed by atoms with E-state index in [-0.39, 0.29) is 35.3 Å². The van der Waals surface area contributed by atoms with Gasteiger partial charge in [-0.2, -0.15) is 13.2 Å². The number of hydrogen-bond acceptors (Lipinski definition) is 4. The summed E-state index contributed by atoms with van der Waals surface area (Å²) >= 11 is 0. The summed E-state index contributed by atoms with van der Waals surface area (Å²) in [5, 5.41) is 0. The van der Waals surface area contributed by atoms with E-state index in [1.54, 1.807) is 42.5 Å². The zero-order valence-electron chi connectivity index (χ0n) is 16.9. The van der Waals surface area contributed by atoms with Crippen molar-refractivity contribution >= 4 is 15.7 Å². The van der Waals surface area contributed by atoms with Gasteiger partial charge in [0, 0.05) is 17.2 Å². The van der Waals surface area contributed by atoms with Gasteiger partial charge < -0.3 is 9.32 Å². The molecule has 9 heteroatoms. The predicted molar refractivity (Wildman–Crippen MR) is 113 cm³/mol. The highest BCUT2D eigenvalue weighted by molar-refractivity contribution is 7.91. The lowest BCUT2D eigenvalue weighted by atomic mass is 10.1. The zero-order chi connectivity index (χ0) is 22.9. The molecule has 1 aromatic heterocycles. The van der Waals surface area contributed by atoms with Gasteiger partial charge in [-0.05, 0) is 42.8 Å². The molecule has 4 rings (SSSR count). The van der Waals surface area contributed by atoms with Crippen LogP contribution in [-0.4, -0.2) is 36.8 Å². The molecule has 32 heavy (non-hydrogen) atoms. The second kappa shape index (κ2) is 8.46. The Morgan fingerprint density at radius 2 is 1.78 bits per heavy atom. The van der Waals surface area contributed by atoms with E-state index >= 15 is 0 Å². The molecule has 2 aromatic carbocycles. The van der Waals surface area contributed by atoms with Crippen LogP contribution in [0.2, 0.25) is 0 Å². The molecule has 0 saturated carbocycles. The molecule has 0 aliphatic carbocycles. The Labute approximate surface area is 183 Å². The van der Waals surface area contributed by atoms with Crippen LogP contribution in [0.5, 0.6) is 0 Å². The Morgan fingerprint density at radius 1 is 1.03 bits per heavy atom. The second-order valence-corrected chi connectivity index (χ2v) is 9.93. The lowest BCUT2D eigenvalue weighted by Crippen LogP contribution is -2.40. The fraction of sp³-hybridized carbons (Fsp3) is 0.261. The quantitative estimate of drug-likeness (QED) is 0.546. The summed E-state index contributed by atoms with van der Waals surface area (Å²) in [7, 11) is -3.24. The molecule has 1 aliphatic rings. The minimum atomic E-state index is -4.47. The van der Waals surface area contributed by atoms with Crippen LogP contribution >= 0.6 is 0 Å². The maximum absolute atomic E-state index is 13.1. The number of benzene rings is 2. The second-order valence-electron chi connectivity index (χ2n) is 7.70. The molecule has 1 fully saturated rings. The van der Waals surface area contributed by atoms with Gasteiger partial charge >= 0.3 is 6.18 Å². The number of carbonyl (C=O) groups is 1. The van der Waals surface area contributed by atoms with E-state index in [4.69, 9.17) is 4.42 Å². The van der Waals surface area contributed by atoms with Crippen LogP contribution in [0.1, 0.15) is 28.1 Å². The predicted octanol–water partition coefficient (Wildman–Crippen LogP) is 4.79. The number of amides is 1. The number of sulfone groups is 1. The van der Waals surface area contributed by atoms with Crippen molar-refractivity contribution in [3.63, 3.8) is 0 Å². The molecule has 0 unspecified atom stereocenters. The summed E-state index contributed by atoms with van der Waals surface area (Å²) in [5.41, 5.74) is -0.109. The molecule has 0 N–H and O–H groups in total. The van der Waals surface area contributed by atoms with Crippen LogP contribution in [0.4, 0.5) is 13.2 Å². The minimum Gasteiger partial charge on any atom is -0.459 e. The van der Waals surface area contributed by atoms with Crippen molar-refractivity contribution < 1.29 is 30.8 Å². The average molecular weight is 463 g/mol. The Morgan fingerprint density at radius 3 is 2.44 bits per heavy atom. The Kier molecular flexibility index (Phi) is 5.85. The van der Waals surface area contributed by atoms with Crippen molar-refractivity contribution in [2.75, 3.05) is 11.5 Å². The number of furan rings is 1. The molecule has 0 bridgehead atoms. The molecular formula is C23H20F3NO4S. The van der Waals surface area contributed by atoms with Crippen LogP contribution in [0, 0.1) is 0 Å². The summed E-state index contributed by atoms with van der Waals surface area (Å²) in [6, 6.07) is 15.9. The van der Waals surface area contributed by atoms with Crippen molar-refractivity contribution in [3.05, 3.63) is 83.6 Å². The maximum Gasteiger partial charge on any atom is 0.416 e. The van der Waals surface area contributed by atoms with Crippen molar-refractivity contribution in [2.45, 2.75) is 25.2 Å². The van der Waals surface area contributed by atoms with E-state index in [1.807, 2.05) is 0 Å². The van der Waals surface area contributed by atoms with Gasteiger partial charge in [0.25, 0.3) is 5.91 Å². The molecule has 0 radical (unpaired) electrons. The van der Waals surface area contributed by atoms with E-state index < -0.39 is 27.6 Å². The number of hydrogen-bond donors (Lipinski definition) is 0. The van der Waals surface area contributed by atoms with Crippen LogP contribution in [0.25, 0.3) is 11.3 Å². The topological polar surface area (TPSA) is 67.6 Å². The lowest BCUT2D eigenvalue weighted by Gasteiger charge is -2.27. The molecule has 5 nitrogen and oxygen atoms in total. The molecular weight excluding hydrogens is 443 g/mol. The normalized spacial score (nSPS) is 17.9. The van der Waals surface area contributed by atoms with Gasteiger partial charge in [-0.25, -0.2) is 8.42 Å². The van der Waals surface area contributed by atoms with Crippen molar-refractivity contribution in [2.24, 2.45) is 0 Å². The van der Waals surface area contributed by atoms with E-state index in [9.17, 15) is 26.4 Å². The van der Waals surface area contributed by atoms with E-state index in [0.717, 1.165) is 12.1 Å². The SMILES string of the molecule is O=C(c1ccccc1)N(Cc1ccc(-c2cccc(C(F)(F)F)c2)o1)[C@H]1CCS(=O)(=O)C1. The van der Waals surface area contributed by atoms with Gasteiger partial charge in [-0.1, -0.05) is 30.3 Å². The highest BCUT2D eigenvalue weighted by Crippen LogP contribution is 2.33. The Bertz CT molecular complexity index is 1220. The largest absolute Gasteiger partial charge is 0.459 e. The first-order chi connectivity index (χ1) is 15.1. The van der Waals surface area contributed by atoms with Gasteiger partial charge in [0.1, 0.15) is 11.5 Å². The van der Waals surface area contributed by atoms with E-state index in [1.165, 1.54) is 17.0 Å². The maximum atomic E-state index is 13.1. The summed E-state index contributed by atoms with van der Waals surface area (Å²) in [5.74, 6) is 0.129. The fourth-order valence-corrected chi connectivity index (χ4v) is 5.50. The third-order valence-electron chi connectivity index (χ3n) is 5.39. The van der Waals surface area contributed by atoms with Crippen LogP contribution in [0.3, 0.4) is 0 Å². The standard InChI is InChI=1S/C23H20F3NO4S/c24-23(25,26)18-8-4-7-17(13-18)21-10-9-20(31-21)14-27(19-11-12-32(29,30)15-19)22(28)16-5-2-1-3-6-16/h1-10,13,19H,11-12,14-15H2/t19-/m0/s1. The lowest BCUT2D eigenvalue weighted by molar-refractivity contribution is -0.137. The van der Waals surface area contributed by atoms with Gasteiger partial charge in [0.05, 0.1) is 23.6 Å². The summed E-state index contributed by atoms with van der Waals surface area (Å²) in [6.45, 7) is 0.00682. The van der Waals surface area contributed by atoms with Crippen LogP contribution in [-0.2, 0) is 22.6 Å². The van der Waals surface area contributed by atoms with Crippen molar-refractivity contribution in [1.82, 2.24) is 4.90 Å². The third-order valence-corrected chi connectivity index (χ3v) is 7.14. The molecule has 1 amide bonds. The zero-order valence-corrected chi connectivity index (χ0v) is 17.7. The average Bonchev–Trinajstić information content (AvgIpc) is 3.38. The van der Waals surface area contributed by atoms with E-state index in [0.29, 0.717) is 17.7 Å². The van der Waals surface area contributed by atoms with Gasteiger partial charge in [-0.15, -0.1) is 0 Å². The summed E-state index contributed by atoms with van der Waals surface area (Å²) in [4.78, 5) is 14.6. The van der Waals surface area contributed by atoms with Gasteiger partial charge in [0.2, 0.25) is 0 Å². The summed E-state index contributed by atoms with van der Waals surface area (Å²) < 4.78 is 68.8. The highest BCUT2D eigenvalue weighted by atomic mass is 32.2. The first-order valence-corrected chi connectivity index (χ1v) is 11.8. The fourth-order valence-electron chi connectivity index (χ4n) is 3.77. The number of rotatable bonds is 5. The third kappa shape index (κ3) is 4.88. The molecule has 168 valence electrons. The smallest absolute Gasteiger partial charge is 0.416 e. The van der Waals surface area contributed by atoms with Crippen LogP contribution in [0.15, 0.2) is 71.1 Å². The van der Waals surface area contributed by atoms with Crippen molar-refractivity contribution in [3.8, 4) is 11.3 Å². The number of alkyl halides is 3. The molecule has 3 aromatic rings. The van der Waals surface area contributed by atoms with E-state index in [2.05, 4.69) is 0 Å². The molecule has 1 aliphatic heterocycles. The molecule has 0 spiro atoms. The summed E-state index contributed by atoms with van der Waals surface area (Å²) in [6.07, 6.45) is -4.15. The highest BCUT2D eigenvalue weighted by Gasteiger charge is 2.35.